The molecule has 5 rings (SSSR count). The van der Waals surface area contributed by atoms with Crippen LogP contribution in [0.5, 0.6) is 5.75 Å². The van der Waals surface area contributed by atoms with Gasteiger partial charge in [-0.05, 0) is 67.3 Å². The van der Waals surface area contributed by atoms with Crippen molar-refractivity contribution in [2.75, 3.05) is 30.0 Å². The van der Waals surface area contributed by atoms with Crippen LogP contribution in [0.4, 0.5) is 11.4 Å². The van der Waals surface area contributed by atoms with Crippen LogP contribution in [0.1, 0.15) is 24.0 Å². The lowest BCUT2D eigenvalue weighted by Gasteiger charge is -2.44. The molecule has 0 bridgehead atoms. The highest BCUT2D eigenvalue weighted by molar-refractivity contribution is 6.31. The van der Waals surface area contributed by atoms with Crippen LogP contribution in [0.25, 0.3) is 0 Å². The second-order valence-electron chi connectivity index (χ2n) is 9.30. The lowest BCUT2D eigenvalue weighted by Crippen LogP contribution is -2.58. The Balaban J connectivity index is 1.40. The average molecular weight is 504 g/mol. The number of nitrogens with zero attached hydrogens (tertiary/aromatic N) is 3. The molecule has 0 radical (unpaired) electrons. The van der Waals surface area contributed by atoms with Gasteiger partial charge >= 0.3 is 0 Å². The van der Waals surface area contributed by atoms with Crippen molar-refractivity contribution in [3.8, 4) is 5.75 Å². The van der Waals surface area contributed by atoms with E-state index in [2.05, 4.69) is 32.6 Å². The molecule has 1 amide bonds. The molecule has 0 unspecified atom stereocenters. The molecule has 0 aliphatic carbocycles. The van der Waals surface area contributed by atoms with E-state index in [1.807, 2.05) is 55.5 Å². The van der Waals surface area contributed by atoms with E-state index in [0.717, 1.165) is 28.5 Å². The number of hydrogen-bond donors (Lipinski definition) is 3. The summed E-state index contributed by atoms with van der Waals surface area (Å²) in [6, 6.07) is 23.0. The number of para-hydroxylation sites is 1. The lowest BCUT2D eigenvalue weighted by atomic mass is 9.85. The maximum Gasteiger partial charge on any atom is 0.247 e. The maximum absolute atomic E-state index is 13.1. The lowest BCUT2D eigenvalue weighted by molar-refractivity contribution is -0.124. The number of aromatic hydroxyl groups is 1. The first-order chi connectivity index (χ1) is 17.5. The number of nitrogens with one attached hydrogen (secondary N) is 2. The highest BCUT2D eigenvalue weighted by Gasteiger charge is 2.50. The van der Waals surface area contributed by atoms with Gasteiger partial charge in [-0.15, -0.1) is 0 Å². The Morgan fingerprint density at radius 1 is 1.08 bits per heavy atom. The molecule has 3 aromatic carbocycles. The first kappa shape index (κ1) is 24.0. The third-order valence-electron chi connectivity index (χ3n) is 7.11. The van der Waals surface area contributed by atoms with Gasteiger partial charge in [-0.25, -0.2) is 4.99 Å². The number of carbonyl (C=O) groups excluding carboxylic acids is 1. The van der Waals surface area contributed by atoms with Crippen LogP contribution in [0.3, 0.4) is 0 Å². The number of piperidine rings is 1. The summed E-state index contributed by atoms with van der Waals surface area (Å²) in [7, 11) is 0. The van der Waals surface area contributed by atoms with E-state index in [0.29, 0.717) is 44.2 Å². The summed E-state index contributed by atoms with van der Waals surface area (Å²) < 4.78 is 0. The summed E-state index contributed by atoms with van der Waals surface area (Å²) in [6.07, 6.45) is 1.35. The van der Waals surface area contributed by atoms with Crippen molar-refractivity contribution in [1.82, 2.24) is 10.2 Å². The molecule has 2 fully saturated rings. The number of carbonyl (C=O) groups is 1. The summed E-state index contributed by atoms with van der Waals surface area (Å²) in [4.78, 5) is 22.4. The van der Waals surface area contributed by atoms with Gasteiger partial charge in [0.25, 0.3) is 0 Å². The molecule has 2 aliphatic rings. The van der Waals surface area contributed by atoms with Gasteiger partial charge in [0, 0.05) is 29.5 Å². The predicted molar refractivity (Wildman–Crippen MR) is 145 cm³/mol. The number of aryl methyl sites for hydroxylation is 1. The Morgan fingerprint density at radius 2 is 1.81 bits per heavy atom. The molecule has 1 spiro atoms. The molecule has 3 N–H and O–H groups in total. The van der Waals surface area contributed by atoms with E-state index >= 15 is 0 Å². The number of hydrogen-bond acceptors (Lipinski definition) is 4. The zero-order chi connectivity index (χ0) is 25.1. The molecule has 3 aromatic rings. The van der Waals surface area contributed by atoms with E-state index in [1.54, 1.807) is 12.1 Å². The summed E-state index contributed by atoms with van der Waals surface area (Å²) in [6.45, 7) is 4.22. The molecule has 36 heavy (non-hydrogen) atoms. The number of aliphatic imine (C=N–C) groups is 1. The Bertz CT molecular complexity index is 1270. The molecule has 0 aromatic heterocycles. The molecular formula is C28H30ClN5O2. The maximum atomic E-state index is 13.1. The SMILES string of the molecule is Cc1cc(O)ccc1NC(=NCc1ccccc1Cl)N1CCC2(CC1)C(=O)NCN2c1ccccc1. The standard InChI is InChI=1S/C28H30ClN5O2/c1-20-17-23(35)11-12-25(20)32-27(30-18-21-7-5-6-10-24(21)29)33-15-13-28(14-16-33)26(36)31-19-34(28)22-8-3-2-4-9-22/h2-12,17,35H,13-16,18-19H2,1H3,(H,30,32)(H,31,36). The van der Waals surface area contributed by atoms with Crippen molar-refractivity contribution < 1.29 is 9.90 Å². The Kier molecular flexibility index (Phi) is 6.74. The quantitative estimate of drug-likeness (QED) is 0.272. The highest BCUT2D eigenvalue weighted by Crippen LogP contribution is 2.36. The van der Waals surface area contributed by atoms with Crippen molar-refractivity contribution in [2.24, 2.45) is 4.99 Å². The number of amides is 1. The van der Waals surface area contributed by atoms with E-state index < -0.39 is 5.54 Å². The third kappa shape index (κ3) is 4.71. The Labute approximate surface area is 216 Å². The fraction of sp³-hybridized carbons (Fsp3) is 0.286. The van der Waals surface area contributed by atoms with Gasteiger partial charge in [-0.3, -0.25) is 4.79 Å². The number of guanidine groups is 1. The number of rotatable bonds is 4. The molecule has 2 saturated heterocycles. The van der Waals surface area contributed by atoms with Crippen LogP contribution in [0.15, 0.2) is 77.8 Å². The van der Waals surface area contributed by atoms with Crippen LogP contribution >= 0.6 is 11.6 Å². The third-order valence-corrected chi connectivity index (χ3v) is 7.48. The van der Waals surface area contributed by atoms with Gasteiger partial charge in [-0.2, -0.15) is 0 Å². The number of anilines is 2. The van der Waals surface area contributed by atoms with Crippen LogP contribution in [0, 0.1) is 6.92 Å². The second-order valence-corrected chi connectivity index (χ2v) is 9.71. The number of phenolic OH excluding ortho intramolecular Hbond substituents is 1. The Hall–Kier alpha value is -3.71. The summed E-state index contributed by atoms with van der Waals surface area (Å²) in [5, 5.41) is 17.1. The summed E-state index contributed by atoms with van der Waals surface area (Å²) in [5.74, 6) is 1.03. The van der Waals surface area contributed by atoms with Crippen LogP contribution in [0.2, 0.25) is 5.02 Å². The molecule has 186 valence electrons. The van der Waals surface area contributed by atoms with E-state index in [-0.39, 0.29) is 11.7 Å². The monoisotopic (exact) mass is 503 g/mol. The fourth-order valence-corrected chi connectivity index (χ4v) is 5.23. The number of halogens is 1. The van der Waals surface area contributed by atoms with Crippen LogP contribution in [-0.2, 0) is 11.3 Å². The minimum Gasteiger partial charge on any atom is -0.508 e. The van der Waals surface area contributed by atoms with E-state index in [4.69, 9.17) is 16.6 Å². The van der Waals surface area contributed by atoms with Crippen molar-refractivity contribution >= 4 is 34.8 Å². The average Bonchev–Trinajstić information content (AvgIpc) is 3.20. The second kappa shape index (κ2) is 10.1. The zero-order valence-corrected chi connectivity index (χ0v) is 21.0. The van der Waals surface area contributed by atoms with E-state index in [9.17, 15) is 9.90 Å². The fourth-order valence-electron chi connectivity index (χ4n) is 5.03. The van der Waals surface area contributed by atoms with Crippen molar-refractivity contribution in [3.63, 3.8) is 0 Å². The van der Waals surface area contributed by atoms with Crippen LogP contribution < -0.4 is 15.5 Å². The van der Waals surface area contributed by atoms with Crippen molar-refractivity contribution in [1.29, 1.82) is 0 Å². The first-order valence-electron chi connectivity index (χ1n) is 12.2. The van der Waals surface area contributed by atoms with Gasteiger partial charge < -0.3 is 25.5 Å². The van der Waals surface area contributed by atoms with Crippen molar-refractivity contribution in [2.45, 2.75) is 31.8 Å². The number of likely N-dealkylation sites (tertiary alicyclic amines) is 1. The largest absolute Gasteiger partial charge is 0.508 e. The number of benzene rings is 3. The highest BCUT2D eigenvalue weighted by atomic mass is 35.5. The van der Waals surface area contributed by atoms with Crippen molar-refractivity contribution in [3.05, 3.63) is 88.9 Å². The molecule has 7 nitrogen and oxygen atoms in total. The molecule has 0 atom stereocenters. The van der Waals surface area contributed by atoms with Crippen LogP contribution in [-0.4, -0.2) is 47.2 Å². The molecule has 8 heteroatoms. The predicted octanol–water partition coefficient (Wildman–Crippen LogP) is 4.75. The van der Waals surface area contributed by atoms with Gasteiger partial charge in [0.2, 0.25) is 5.91 Å². The smallest absolute Gasteiger partial charge is 0.247 e. The van der Waals surface area contributed by atoms with Gasteiger partial charge in [-0.1, -0.05) is 48.0 Å². The Morgan fingerprint density at radius 3 is 2.53 bits per heavy atom. The molecular weight excluding hydrogens is 474 g/mol. The normalized spacial score (nSPS) is 17.4. The zero-order valence-electron chi connectivity index (χ0n) is 20.2. The summed E-state index contributed by atoms with van der Waals surface area (Å²) in [5.41, 5.74) is 3.21. The molecule has 2 heterocycles. The van der Waals surface area contributed by atoms with Gasteiger partial charge in [0.05, 0.1) is 13.2 Å². The van der Waals surface area contributed by atoms with E-state index in [1.165, 1.54) is 0 Å². The van der Waals surface area contributed by atoms with Gasteiger partial charge in [0.1, 0.15) is 11.3 Å². The molecule has 0 saturated carbocycles. The first-order valence-corrected chi connectivity index (χ1v) is 12.5. The number of phenols is 1. The minimum absolute atomic E-state index is 0.0860. The summed E-state index contributed by atoms with van der Waals surface area (Å²) >= 11 is 6.39. The van der Waals surface area contributed by atoms with Gasteiger partial charge in [0.15, 0.2) is 5.96 Å². The topological polar surface area (TPSA) is 80.2 Å². The minimum atomic E-state index is -0.569. The molecule has 2 aliphatic heterocycles.